The van der Waals surface area contributed by atoms with Gasteiger partial charge in [-0.1, -0.05) is 6.08 Å². The first kappa shape index (κ1) is 5.51. The van der Waals surface area contributed by atoms with Gasteiger partial charge in [0.2, 0.25) is 0 Å². The van der Waals surface area contributed by atoms with Crippen LogP contribution in [0.2, 0.25) is 0 Å². The molecule has 0 aromatic heterocycles. The summed E-state index contributed by atoms with van der Waals surface area (Å²) < 4.78 is 0. The van der Waals surface area contributed by atoms with Gasteiger partial charge in [0.15, 0.2) is 0 Å². The first-order valence-electron chi connectivity index (χ1n) is 2.69. The van der Waals surface area contributed by atoms with Crippen molar-refractivity contribution in [1.29, 1.82) is 0 Å². The molecule has 0 amide bonds. The van der Waals surface area contributed by atoms with Gasteiger partial charge in [-0.15, -0.1) is 6.58 Å². The number of nitrogens with one attached hydrogen (secondary N) is 1. The number of aldehydes is 1. The summed E-state index contributed by atoms with van der Waals surface area (Å²) >= 11 is 0. The maximum absolute atomic E-state index is 10.0. The van der Waals surface area contributed by atoms with Crippen molar-refractivity contribution in [3.63, 3.8) is 0 Å². The molecule has 1 saturated heterocycles. The summed E-state index contributed by atoms with van der Waals surface area (Å²) in [5.74, 6) is 0.382. The van der Waals surface area contributed by atoms with Crippen LogP contribution in [0.15, 0.2) is 12.7 Å². The van der Waals surface area contributed by atoms with Crippen molar-refractivity contribution in [2.75, 3.05) is 6.54 Å². The summed E-state index contributed by atoms with van der Waals surface area (Å²) in [7, 11) is 0. The molecule has 1 aliphatic heterocycles. The Morgan fingerprint density at radius 3 is 2.62 bits per heavy atom. The van der Waals surface area contributed by atoms with Crippen LogP contribution < -0.4 is 5.32 Å². The lowest BCUT2D eigenvalue weighted by Gasteiger charge is -2.31. The van der Waals surface area contributed by atoms with E-state index in [0.29, 0.717) is 5.92 Å². The SMILES string of the molecule is C=CC1CNC1C=O. The average molecular weight is 111 g/mol. The van der Waals surface area contributed by atoms with Gasteiger partial charge in [0.05, 0.1) is 6.04 Å². The van der Waals surface area contributed by atoms with E-state index >= 15 is 0 Å². The summed E-state index contributed by atoms with van der Waals surface area (Å²) in [5.41, 5.74) is 0. The Morgan fingerprint density at radius 1 is 1.75 bits per heavy atom. The van der Waals surface area contributed by atoms with Crippen LogP contribution in [0.25, 0.3) is 0 Å². The Balaban J connectivity index is 2.36. The molecule has 2 nitrogen and oxygen atoms in total. The fraction of sp³-hybridized carbons (Fsp3) is 0.500. The predicted molar refractivity (Wildman–Crippen MR) is 31.5 cm³/mol. The van der Waals surface area contributed by atoms with Crippen molar-refractivity contribution in [2.24, 2.45) is 5.92 Å². The minimum atomic E-state index is 0.0486. The van der Waals surface area contributed by atoms with Gasteiger partial charge < -0.3 is 10.1 Å². The Kier molecular flexibility index (Phi) is 1.44. The number of hydrogen-bond donors (Lipinski definition) is 1. The molecule has 2 atom stereocenters. The third-order valence-corrected chi connectivity index (χ3v) is 1.50. The standard InChI is InChI=1S/C6H9NO/c1-2-5-3-7-6(5)4-8/h2,4-7H,1,3H2. The third kappa shape index (κ3) is 0.670. The van der Waals surface area contributed by atoms with Gasteiger partial charge in [0.1, 0.15) is 6.29 Å². The number of rotatable bonds is 2. The van der Waals surface area contributed by atoms with Crippen molar-refractivity contribution >= 4 is 6.29 Å². The van der Waals surface area contributed by atoms with Crippen LogP contribution in [0.1, 0.15) is 0 Å². The highest BCUT2D eigenvalue weighted by molar-refractivity contribution is 5.60. The molecule has 44 valence electrons. The minimum Gasteiger partial charge on any atom is -0.307 e. The van der Waals surface area contributed by atoms with Gasteiger partial charge in [-0.3, -0.25) is 0 Å². The predicted octanol–water partition coefficient (Wildman–Crippen LogP) is -0.0407. The van der Waals surface area contributed by atoms with E-state index in [1.807, 2.05) is 6.08 Å². The Hall–Kier alpha value is -0.630. The van der Waals surface area contributed by atoms with Crippen molar-refractivity contribution < 1.29 is 4.79 Å². The quantitative estimate of drug-likeness (QED) is 0.400. The fourth-order valence-corrected chi connectivity index (χ4v) is 0.769. The largest absolute Gasteiger partial charge is 0.307 e. The van der Waals surface area contributed by atoms with E-state index in [0.717, 1.165) is 12.8 Å². The van der Waals surface area contributed by atoms with Gasteiger partial charge in [-0.25, -0.2) is 0 Å². The molecule has 1 N–H and O–H groups in total. The van der Waals surface area contributed by atoms with Crippen LogP contribution in [0.4, 0.5) is 0 Å². The van der Waals surface area contributed by atoms with Gasteiger partial charge in [0.25, 0.3) is 0 Å². The van der Waals surface area contributed by atoms with E-state index in [2.05, 4.69) is 11.9 Å². The summed E-state index contributed by atoms with van der Waals surface area (Å²) in [4.78, 5) is 10.0. The molecule has 0 radical (unpaired) electrons. The van der Waals surface area contributed by atoms with E-state index in [-0.39, 0.29) is 6.04 Å². The third-order valence-electron chi connectivity index (χ3n) is 1.50. The summed E-state index contributed by atoms with van der Waals surface area (Å²) in [6.07, 6.45) is 2.74. The molecule has 0 aromatic rings. The van der Waals surface area contributed by atoms with Crippen LogP contribution in [-0.2, 0) is 4.79 Å². The molecule has 0 aliphatic carbocycles. The van der Waals surface area contributed by atoms with Gasteiger partial charge in [-0.05, 0) is 0 Å². The van der Waals surface area contributed by atoms with Crippen molar-refractivity contribution in [2.45, 2.75) is 6.04 Å². The molecule has 8 heavy (non-hydrogen) atoms. The van der Waals surface area contributed by atoms with E-state index in [9.17, 15) is 4.79 Å². The first-order valence-corrected chi connectivity index (χ1v) is 2.69. The molecule has 1 fully saturated rings. The molecule has 0 spiro atoms. The van der Waals surface area contributed by atoms with E-state index in [4.69, 9.17) is 0 Å². The maximum atomic E-state index is 10.0. The molecule has 0 aromatic carbocycles. The van der Waals surface area contributed by atoms with Crippen LogP contribution in [0.3, 0.4) is 0 Å². The molecule has 1 rings (SSSR count). The minimum absolute atomic E-state index is 0.0486. The Labute approximate surface area is 48.6 Å². The van der Waals surface area contributed by atoms with Crippen molar-refractivity contribution in [3.05, 3.63) is 12.7 Å². The lowest BCUT2D eigenvalue weighted by molar-refractivity contribution is -0.111. The summed E-state index contributed by atoms with van der Waals surface area (Å²) in [6, 6.07) is 0.0486. The van der Waals surface area contributed by atoms with E-state index in [1.54, 1.807) is 0 Å². The van der Waals surface area contributed by atoms with E-state index in [1.165, 1.54) is 0 Å². The maximum Gasteiger partial charge on any atom is 0.137 e. The zero-order valence-electron chi connectivity index (χ0n) is 4.63. The van der Waals surface area contributed by atoms with Crippen molar-refractivity contribution in [3.8, 4) is 0 Å². The van der Waals surface area contributed by atoms with Gasteiger partial charge >= 0.3 is 0 Å². The van der Waals surface area contributed by atoms with Crippen LogP contribution in [-0.4, -0.2) is 18.9 Å². The molecule has 2 unspecified atom stereocenters. The Bertz CT molecular complexity index is 97.1. The highest BCUT2D eigenvalue weighted by Gasteiger charge is 2.26. The lowest BCUT2D eigenvalue weighted by atomic mass is 9.93. The molecule has 1 heterocycles. The number of carbonyl (C=O) groups is 1. The van der Waals surface area contributed by atoms with Gasteiger partial charge in [-0.2, -0.15) is 0 Å². The van der Waals surface area contributed by atoms with Gasteiger partial charge in [0, 0.05) is 12.5 Å². The lowest BCUT2D eigenvalue weighted by Crippen LogP contribution is -2.52. The highest BCUT2D eigenvalue weighted by atomic mass is 16.1. The smallest absolute Gasteiger partial charge is 0.137 e. The highest BCUT2D eigenvalue weighted by Crippen LogP contribution is 2.10. The number of hydrogen-bond acceptors (Lipinski definition) is 2. The molecule has 0 bridgehead atoms. The van der Waals surface area contributed by atoms with Crippen molar-refractivity contribution in [1.82, 2.24) is 5.32 Å². The first-order chi connectivity index (χ1) is 3.88. The second kappa shape index (κ2) is 2.09. The van der Waals surface area contributed by atoms with Crippen LogP contribution in [0, 0.1) is 5.92 Å². The van der Waals surface area contributed by atoms with Crippen LogP contribution >= 0.6 is 0 Å². The van der Waals surface area contributed by atoms with E-state index < -0.39 is 0 Å². The molecule has 0 saturated carbocycles. The summed E-state index contributed by atoms with van der Waals surface area (Å²) in [5, 5.41) is 2.96. The molecule has 1 aliphatic rings. The summed E-state index contributed by atoms with van der Waals surface area (Å²) in [6.45, 7) is 4.49. The topological polar surface area (TPSA) is 29.1 Å². The molecule has 2 heteroatoms. The Morgan fingerprint density at radius 2 is 2.50 bits per heavy atom. The molecular formula is C6H9NO. The molecular weight excluding hydrogens is 102 g/mol. The monoisotopic (exact) mass is 111 g/mol. The number of carbonyl (C=O) groups excluding carboxylic acids is 1. The zero-order chi connectivity index (χ0) is 5.98. The van der Waals surface area contributed by atoms with Crippen LogP contribution in [0.5, 0.6) is 0 Å². The zero-order valence-corrected chi connectivity index (χ0v) is 4.63. The fourth-order valence-electron chi connectivity index (χ4n) is 0.769. The normalized spacial score (nSPS) is 35.5. The second-order valence-corrected chi connectivity index (χ2v) is 1.97. The average Bonchev–Trinajstić information content (AvgIpc) is 1.66. The second-order valence-electron chi connectivity index (χ2n) is 1.97.